The molecule has 0 aliphatic carbocycles. The van der Waals surface area contributed by atoms with E-state index in [4.69, 9.17) is 0 Å². The lowest BCUT2D eigenvalue weighted by atomic mass is 10.2. The molecule has 122 valence electrons. The lowest BCUT2D eigenvalue weighted by Crippen LogP contribution is -2.08. The molecule has 24 heavy (non-hydrogen) atoms. The van der Waals surface area contributed by atoms with Crippen LogP contribution in [0.15, 0.2) is 65.8 Å². The van der Waals surface area contributed by atoms with Crippen molar-refractivity contribution in [1.29, 1.82) is 0 Å². The molecular weight excluding hydrogens is 301 g/mol. The maximum Gasteiger partial charge on any atom is 0.126 e. The SMILES string of the molecule is Cc1cc(N=Cc2cccn2-c2ccc(N(C)C)cc2)ccc1F. The summed E-state index contributed by atoms with van der Waals surface area (Å²) >= 11 is 0. The van der Waals surface area contributed by atoms with Gasteiger partial charge in [-0.05, 0) is 67.1 Å². The standard InChI is InChI=1S/C20H20FN3/c1-15-13-16(6-11-20(15)21)22-14-19-5-4-12-24(19)18-9-7-17(8-10-18)23(2)3/h4-14H,1-3H3. The van der Waals surface area contributed by atoms with E-state index in [1.165, 1.54) is 6.07 Å². The zero-order chi connectivity index (χ0) is 17.1. The van der Waals surface area contributed by atoms with Gasteiger partial charge in [0.2, 0.25) is 0 Å². The second-order valence-corrected chi connectivity index (χ2v) is 5.91. The van der Waals surface area contributed by atoms with Crippen molar-refractivity contribution in [2.45, 2.75) is 6.92 Å². The van der Waals surface area contributed by atoms with Gasteiger partial charge >= 0.3 is 0 Å². The van der Waals surface area contributed by atoms with Crippen molar-refractivity contribution in [2.24, 2.45) is 4.99 Å². The molecule has 0 amide bonds. The second-order valence-electron chi connectivity index (χ2n) is 5.91. The van der Waals surface area contributed by atoms with E-state index in [0.717, 1.165) is 22.8 Å². The minimum atomic E-state index is -0.210. The average Bonchev–Trinajstić information content (AvgIpc) is 3.04. The van der Waals surface area contributed by atoms with Gasteiger partial charge in [0.25, 0.3) is 0 Å². The Hall–Kier alpha value is -2.88. The third-order valence-corrected chi connectivity index (χ3v) is 3.91. The summed E-state index contributed by atoms with van der Waals surface area (Å²) in [4.78, 5) is 6.53. The molecule has 4 heteroatoms. The fourth-order valence-electron chi connectivity index (χ4n) is 2.50. The average molecular weight is 321 g/mol. The molecule has 0 saturated heterocycles. The van der Waals surface area contributed by atoms with Gasteiger partial charge in [0.05, 0.1) is 17.6 Å². The summed E-state index contributed by atoms with van der Waals surface area (Å²) in [5.41, 5.74) is 4.53. The van der Waals surface area contributed by atoms with Crippen molar-refractivity contribution in [3.63, 3.8) is 0 Å². The molecule has 2 aromatic carbocycles. The molecule has 0 saturated carbocycles. The highest BCUT2D eigenvalue weighted by molar-refractivity contribution is 5.81. The van der Waals surface area contributed by atoms with E-state index in [9.17, 15) is 4.39 Å². The van der Waals surface area contributed by atoms with Crippen LogP contribution >= 0.6 is 0 Å². The molecule has 3 nitrogen and oxygen atoms in total. The molecule has 0 N–H and O–H groups in total. The topological polar surface area (TPSA) is 20.5 Å². The van der Waals surface area contributed by atoms with E-state index < -0.39 is 0 Å². The van der Waals surface area contributed by atoms with Gasteiger partial charge in [0.15, 0.2) is 0 Å². The Bertz CT molecular complexity index is 861. The zero-order valence-electron chi connectivity index (χ0n) is 14.1. The van der Waals surface area contributed by atoms with E-state index in [1.807, 2.05) is 32.4 Å². The highest BCUT2D eigenvalue weighted by Crippen LogP contribution is 2.19. The predicted molar refractivity (Wildman–Crippen MR) is 98.5 cm³/mol. The molecule has 0 aliphatic rings. The van der Waals surface area contributed by atoms with Crippen molar-refractivity contribution in [1.82, 2.24) is 4.57 Å². The molecule has 1 heterocycles. The fraction of sp³-hybridized carbons (Fsp3) is 0.150. The summed E-state index contributed by atoms with van der Waals surface area (Å²) in [6.45, 7) is 1.74. The Labute approximate surface area is 141 Å². The van der Waals surface area contributed by atoms with Gasteiger partial charge in [-0.3, -0.25) is 4.99 Å². The van der Waals surface area contributed by atoms with Crippen LogP contribution < -0.4 is 4.90 Å². The highest BCUT2D eigenvalue weighted by atomic mass is 19.1. The highest BCUT2D eigenvalue weighted by Gasteiger charge is 2.03. The normalized spacial score (nSPS) is 11.2. The third kappa shape index (κ3) is 3.38. The summed E-state index contributed by atoms with van der Waals surface area (Å²) in [5, 5.41) is 0. The molecule has 3 rings (SSSR count). The van der Waals surface area contributed by atoms with Crippen LogP contribution in [-0.4, -0.2) is 24.9 Å². The van der Waals surface area contributed by atoms with Gasteiger partial charge in [-0.2, -0.15) is 0 Å². The Kier molecular flexibility index (Phi) is 4.47. The maximum absolute atomic E-state index is 13.3. The first-order chi connectivity index (χ1) is 11.5. The number of aryl methyl sites for hydroxylation is 1. The van der Waals surface area contributed by atoms with E-state index >= 15 is 0 Å². The predicted octanol–water partition coefficient (Wildman–Crippen LogP) is 4.74. The Morgan fingerprint density at radius 1 is 1.04 bits per heavy atom. The van der Waals surface area contributed by atoms with E-state index in [-0.39, 0.29) is 5.82 Å². The number of benzene rings is 2. The molecule has 0 bridgehead atoms. The molecule has 0 spiro atoms. The van der Waals surface area contributed by atoms with E-state index in [0.29, 0.717) is 5.56 Å². The van der Waals surface area contributed by atoms with Crippen molar-refractivity contribution < 1.29 is 4.39 Å². The summed E-state index contributed by atoms with van der Waals surface area (Å²) in [6, 6.07) is 17.2. The van der Waals surface area contributed by atoms with Crippen LogP contribution in [0, 0.1) is 12.7 Å². The van der Waals surface area contributed by atoms with E-state index in [2.05, 4.69) is 38.7 Å². The Morgan fingerprint density at radius 3 is 2.46 bits per heavy atom. The third-order valence-electron chi connectivity index (χ3n) is 3.91. The number of aliphatic imine (C=N–C) groups is 1. The van der Waals surface area contributed by atoms with Crippen molar-refractivity contribution in [3.8, 4) is 5.69 Å². The van der Waals surface area contributed by atoms with Gasteiger partial charge in [-0.25, -0.2) is 4.39 Å². The van der Waals surface area contributed by atoms with Gasteiger partial charge in [0, 0.05) is 31.7 Å². The molecule has 1 aromatic heterocycles. The second kappa shape index (κ2) is 6.71. The van der Waals surface area contributed by atoms with Crippen LogP contribution in [0.2, 0.25) is 0 Å². The fourth-order valence-corrected chi connectivity index (χ4v) is 2.50. The van der Waals surface area contributed by atoms with Crippen LogP contribution in [0.4, 0.5) is 15.8 Å². The first-order valence-electron chi connectivity index (χ1n) is 7.80. The molecule has 0 aliphatic heterocycles. The number of halogens is 1. The first kappa shape index (κ1) is 16.0. The lowest BCUT2D eigenvalue weighted by Gasteiger charge is -2.13. The number of anilines is 1. The molecule has 0 fully saturated rings. The number of aromatic nitrogens is 1. The number of hydrogen-bond acceptors (Lipinski definition) is 2. The minimum absolute atomic E-state index is 0.210. The largest absolute Gasteiger partial charge is 0.378 e. The Balaban J connectivity index is 1.87. The maximum atomic E-state index is 13.3. The smallest absolute Gasteiger partial charge is 0.126 e. The summed E-state index contributed by atoms with van der Waals surface area (Å²) in [7, 11) is 4.04. The zero-order valence-corrected chi connectivity index (χ0v) is 14.1. The molecule has 0 radical (unpaired) electrons. The van der Waals surface area contributed by atoms with Gasteiger partial charge in [-0.1, -0.05) is 0 Å². The molecule has 0 unspecified atom stereocenters. The lowest BCUT2D eigenvalue weighted by molar-refractivity contribution is 0.618. The molecule has 3 aromatic rings. The Morgan fingerprint density at radius 2 is 1.79 bits per heavy atom. The van der Waals surface area contributed by atoms with Gasteiger partial charge in [0.1, 0.15) is 5.82 Å². The van der Waals surface area contributed by atoms with Crippen LogP contribution in [0.25, 0.3) is 5.69 Å². The summed E-state index contributed by atoms with van der Waals surface area (Å²) < 4.78 is 15.4. The molecular formula is C20H20FN3. The van der Waals surface area contributed by atoms with Crippen molar-refractivity contribution >= 4 is 17.6 Å². The van der Waals surface area contributed by atoms with Gasteiger partial charge < -0.3 is 9.47 Å². The van der Waals surface area contributed by atoms with Crippen LogP contribution in [0.3, 0.4) is 0 Å². The van der Waals surface area contributed by atoms with Crippen LogP contribution in [0.5, 0.6) is 0 Å². The van der Waals surface area contributed by atoms with Gasteiger partial charge in [-0.15, -0.1) is 0 Å². The van der Waals surface area contributed by atoms with Crippen LogP contribution in [0.1, 0.15) is 11.3 Å². The minimum Gasteiger partial charge on any atom is -0.378 e. The number of hydrogen-bond donors (Lipinski definition) is 0. The number of nitrogens with zero attached hydrogens (tertiary/aromatic N) is 3. The number of rotatable bonds is 4. The first-order valence-corrected chi connectivity index (χ1v) is 7.80. The summed E-state index contributed by atoms with van der Waals surface area (Å²) in [5.74, 6) is -0.210. The monoisotopic (exact) mass is 321 g/mol. The van der Waals surface area contributed by atoms with Crippen molar-refractivity contribution in [3.05, 3.63) is 77.9 Å². The van der Waals surface area contributed by atoms with E-state index in [1.54, 1.807) is 25.3 Å². The molecule has 0 atom stereocenters. The summed E-state index contributed by atoms with van der Waals surface area (Å²) in [6.07, 6.45) is 3.80. The quantitative estimate of drug-likeness (QED) is 0.636. The van der Waals surface area contributed by atoms with Crippen LogP contribution in [-0.2, 0) is 0 Å². The van der Waals surface area contributed by atoms with Crippen molar-refractivity contribution in [2.75, 3.05) is 19.0 Å².